The first-order valence-electron chi connectivity index (χ1n) is 6.34. The third-order valence-electron chi connectivity index (χ3n) is 2.67. The second-order valence-electron chi connectivity index (χ2n) is 4.19. The first kappa shape index (κ1) is 15.6. The Labute approximate surface area is 125 Å². The molecule has 0 aliphatic rings. The molecule has 0 radical (unpaired) electrons. The van der Waals surface area contributed by atoms with E-state index in [-0.39, 0.29) is 11.5 Å². The number of carbonyl (C=O) groups excluding carboxylic acids is 1. The fraction of sp³-hybridized carbons (Fsp3) is 0.133. The second-order valence-corrected chi connectivity index (χ2v) is 4.19. The van der Waals surface area contributed by atoms with Gasteiger partial charge in [0.1, 0.15) is 0 Å². The Balaban J connectivity index is 2.07. The van der Waals surface area contributed by atoms with Crippen LogP contribution < -0.4 is 20.1 Å². The summed E-state index contributed by atoms with van der Waals surface area (Å²) in [6.07, 6.45) is 0. The van der Waals surface area contributed by atoms with Crippen LogP contribution in [0.2, 0.25) is 0 Å². The number of para-hydroxylation sites is 1. The third kappa shape index (κ3) is 4.34. The fourth-order valence-corrected chi connectivity index (χ4v) is 1.76. The monoisotopic (exact) mass is 308 g/mol. The molecule has 0 spiro atoms. The molecule has 0 aliphatic carbocycles. The maximum absolute atomic E-state index is 12.3. The van der Waals surface area contributed by atoms with Crippen molar-refractivity contribution < 1.29 is 23.0 Å². The Morgan fingerprint density at radius 2 is 1.68 bits per heavy atom. The molecule has 2 rings (SSSR count). The van der Waals surface area contributed by atoms with E-state index in [1.165, 1.54) is 25.3 Å². The van der Waals surface area contributed by atoms with Crippen LogP contribution in [0.15, 0.2) is 48.5 Å². The van der Waals surface area contributed by atoms with Crippen molar-refractivity contribution in [3.63, 3.8) is 0 Å². The van der Waals surface area contributed by atoms with Crippen molar-refractivity contribution in [2.45, 2.75) is 6.61 Å². The Kier molecular flexibility index (Phi) is 5.13. The number of methoxy groups -OCH3 is 1. The maximum atomic E-state index is 12.3. The van der Waals surface area contributed by atoms with E-state index in [1.54, 1.807) is 24.3 Å². The number of nitrogens with one attached hydrogen (secondary N) is 2. The number of anilines is 2. The SMILES string of the molecule is COc1ccc(NC(=O)Nc2ccccc2)cc1OC(F)F. The number of alkyl halides is 2. The Bertz CT molecular complexity index is 636. The van der Waals surface area contributed by atoms with Gasteiger partial charge in [-0.15, -0.1) is 0 Å². The van der Waals surface area contributed by atoms with Crippen molar-refractivity contribution in [3.8, 4) is 11.5 Å². The van der Waals surface area contributed by atoms with Crippen molar-refractivity contribution in [1.29, 1.82) is 0 Å². The molecule has 2 amide bonds. The van der Waals surface area contributed by atoms with Crippen LogP contribution in [0.25, 0.3) is 0 Å². The van der Waals surface area contributed by atoms with Crippen molar-refractivity contribution in [1.82, 2.24) is 0 Å². The summed E-state index contributed by atoms with van der Waals surface area (Å²) < 4.78 is 33.9. The lowest BCUT2D eigenvalue weighted by Gasteiger charge is -2.12. The molecule has 2 N–H and O–H groups in total. The average molecular weight is 308 g/mol. The lowest BCUT2D eigenvalue weighted by Crippen LogP contribution is -2.19. The van der Waals surface area contributed by atoms with E-state index in [2.05, 4.69) is 15.4 Å². The number of benzene rings is 2. The van der Waals surface area contributed by atoms with Gasteiger partial charge in [0.15, 0.2) is 11.5 Å². The van der Waals surface area contributed by atoms with E-state index in [0.717, 1.165) is 0 Å². The van der Waals surface area contributed by atoms with E-state index >= 15 is 0 Å². The highest BCUT2D eigenvalue weighted by atomic mass is 19.3. The molecular formula is C15H14F2N2O3. The summed E-state index contributed by atoms with van der Waals surface area (Å²) in [5.41, 5.74) is 0.905. The van der Waals surface area contributed by atoms with Crippen LogP contribution in [-0.4, -0.2) is 19.8 Å². The number of amides is 2. The van der Waals surface area contributed by atoms with Crippen LogP contribution in [0.5, 0.6) is 11.5 Å². The lowest BCUT2D eigenvalue weighted by atomic mass is 10.2. The van der Waals surface area contributed by atoms with E-state index < -0.39 is 12.6 Å². The Hall–Kier alpha value is -2.83. The largest absolute Gasteiger partial charge is 0.493 e. The topological polar surface area (TPSA) is 59.6 Å². The first-order chi connectivity index (χ1) is 10.6. The molecule has 0 fully saturated rings. The third-order valence-corrected chi connectivity index (χ3v) is 2.67. The van der Waals surface area contributed by atoms with Crippen LogP contribution in [0, 0.1) is 0 Å². The molecular weight excluding hydrogens is 294 g/mol. The van der Waals surface area contributed by atoms with Gasteiger partial charge in [-0.05, 0) is 24.3 Å². The summed E-state index contributed by atoms with van der Waals surface area (Å²) in [6, 6.07) is 12.5. The minimum atomic E-state index is -2.98. The number of urea groups is 1. The molecule has 0 aliphatic heterocycles. The van der Waals surface area contributed by atoms with E-state index in [9.17, 15) is 13.6 Å². The molecule has 2 aromatic rings. The molecule has 0 aromatic heterocycles. The molecule has 22 heavy (non-hydrogen) atoms. The Morgan fingerprint density at radius 3 is 2.32 bits per heavy atom. The highest BCUT2D eigenvalue weighted by Gasteiger charge is 2.12. The number of halogens is 2. The number of hydrogen-bond acceptors (Lipinski definition) is 3. The molecule has 0 bridgehead atoms. The van der Waals surface area contributed by atoms with Gasteiger partial charge in [-0.3, -0.25) is 0 Å². The summed E-state index contributed by atoms with van der Waals surface area (Å²) in [4.78, 5) is 11.8. The summed E-state index contributed by atoms with van der Waals surface area (Å²) in [6.45, 7) is -2.98. The Morgan fingerprint density at radius 1 is 1.00 bits per heavy atom. The fourth-order valence-electron chi connectivity index (χ4n) is 1.76. The maximum Gasteiger partial charge on any atom is 0.387 e. The molecule has 0 atom stereocenters. The minimum absolute atomic E-state index is 0.148. The van der Waals surface area contributed by atoms with Crippen LogP contribution in [0.1, 0.15) is 0 Å². The quantitative estimate of drug-likeness (QED) is 0.879. The van der Waals surface area contributed by atoms with Crippen LogP contribution in [0.3, 0.4) is 0 Å². The molecule has 7 heteroatoms. The number of hydrogen-bond donors (Lipinski definition) is 2. The molecule has 0 saturated carbocycles. The minimum Gasteiger partial charge on any atom is -0.493 e. The number of ether oxygens (including phenoxy) is 2. The molecule has 5 nitrogen and oxygen atoms in total. The second kappa shape index (κ2) is 7.26. The lowest BCUT2D eigenvalue weighted by molar-refractivity contribution is -0.0511. The molecule has 2 aromatic carbocycles. The van der Waals surface area contributed by atoms with Crippen molar-refractivity contribution in [2.75, 3.05) is 17.7 Å². The highest BCUT2D eigenvalue weighted by Crippen LogP contribution is 2.31. The number of carbonyl (C=O) groups is 1. The summed E-state index contributed by atoms with van der Waals surface area (Å²) in [5, 5.41) is 5.13. The van der Waals surface area contributed by atoms with Crippen molar-refractivity contribution >= 4 is 17.4 Å². The summed E-state index contributed by atoms with van der Waals surface area (Å²) in [7, 11) is 1.34. The van der Waals surface area contributed by atoms with Gasteiger partial charge in [0.2, 0.25) is 0 Å². The number of rotatable bonds is 5. The zero-order valence-electron chi connectivity index (χ0n) is 11.7. The highest BCUT2D eigenvalue weighted by molar-refractivity contribution is 5.99. The summed E-state index contributed by atoms with van der Waals surface area (Å²) >= 11 is 0. The van der Waals surface area contributed by atoms with Crippen LogP contribution >= 0.6 is 0 Å². The first-order valence-corrected chi connectivity index (χ1v) is 6.34. The van der Waals surface area contributed by atoms with Gasteiger partial charge in [0.05, 0.1) is 7.11 Å². The standard InChI is InChI=1S/C15H14F2N2O3/c1-21-12-8-7-11(9-13(12)22-14(16)17)19-15(20)18-10-5-3-2-4-6-10/h2-9,14H,1H3,(H2,18,19,20). The van der Waals surface area contributed by atoms with Crippen molar-refractivity contribution in [2.24, 2.45) is 0 Å². The normalized spacial score (nSPS) is 10.2. The van der Waals surface area contributed by atoms with Gasteiger partial charge in [0.25, 0.3) is 0 Å². The van der Waals surface area contributed by atoms with Crippen LogP contribution in [0.4, 0.5) is 25.0 Å². The van der Waals surface area contributed by atoms with E-state index in [1.807, 2.05) is 6.07 Å². The summed E-state index contributed by atoms with van der Waals surface area (Å²) in [5.74, 6) is -0.00988. The van der Waals surface area contributed by atoms with E-state index in [4.69, 9.17) is 4.74 Å². The van der Waals surface area contributed by atoms with Gasteiger partial charge >= 0.3 is 12.6 Å². The van der Waals surface area contributed by atoms with Crippen molar-refractivity contribution in [3.05, 3.63) is 48.5 Å². The van der Waals surface area contributed by atoms with Gasteiger partial charge < -0.3 is 20.1 Å². The van der Waals surface area contributed by atoms with Gasteiger partial charge in [0, 0.05) is 17.4 Å². The van der Waals surface area contributed by atoms with Gasteiger partial charge in [-0.25, -0.2) is 4.79 Å². The molecule has 0 heterocycles. The van der Waals surface area contributed by atoms with E-state index in [0.29, 0.717) is 11.4 Å². The zero-order chi connectivity index (χ0) is 15.9. The van der Waals surface area contributed by atoms with Gasteiger partial charge in [-0.1, -0.05) is 18.2 Å². The zero-order valence-corrected chi connectivity index (χ0v) is 11.7. The molecule has 0 saturated heterocycles. The van der Waals surface area contributed by atoms with Crippen LogP contribution in [-0.2, 0) is 0 Å². The predicted molar refractivity (Wildman–Crippen MR) is 78.7 cm³/mol. The van der Waals surface area contributed by atoms with Gasteiger partial charge in [-0.2, -0.15) is 8.78 Å². The molecule has 0 unspecified atom stereocenters. The molecule has 116 valence electrons. The smallest absolute Gasteiger partial charge is 0.387 e. The average Bonchev–Trinajstić information content (AvgIpc) is 2.48. The predicted octanol–water partition coefficient (Wildman–Crippen LogP) is 3.94.